The Kier molecular flexibility index (Phi) is 7.36. The molecule has 11 heteroatoms. The summed E-state index contributed by atoms with van der Waals surface area (Å²) in [6.07, 6.45) is -4.88. The highest BCUT2D eigenvalue weighted by Gasteiger charge is 2.32. The van der Waals surface area contributed by atoms with Crippen molar-refractivity contribution in [1.29, 1.82) is 0 Å². The number of hydrogen-bond donors (Lipinski definition) is 3. The van der Waals surface area contributed by atoms with Gasteiger partial charge in [-0.3, -0.25) is 4.79 Å². The van der Waals surface area contributed by atoms with Crippen LogP contribution in [0.5, 0.6) is 11.5 Å². The predicted molar refractivity (Wildman–Crippen MR) is 116 cm³/mol. The van der Waals surface area contributed by atoms with Crippen molar-refractivity contribution in [2.75, 3.05) is 12.4 Å². The van der Waals surface area contributed by atoms with E-state index < -0.39 is 35.6 Å². The van der Waals surface area contributed by atoms with Crippen molar-refractivity contribution in [2.24, 2.45) is 5.14 Å². The highest BCUT2D eigenvalue weighted by molar-refractivity contribution is 7.82. The molecule has 1 atom stereocenters. The Hall–Kier alpha value is -3.41. The molecule has 0 aromatic heterocycles. The minimum absolute atomic E-state index is 0.131. The number of aliphatic hydroxyl groups is 1. The van der Waals surface area contributed by atoms with Gasteiger partial charge in [-0.2, -0.15) is 0 Å². The minimum atomic E-state index is -4.88. The summed E-state index contributed by atoms with van der Waals surface area (Å²) < 4.78 is 59.0. The summed E-state index contributed by atoms with van der Waals surface area (Å²) in [6.45, 7) is -0.496. The highest BCUT2D eigenvalue weighted by atomic mass is 32.2. The monoisotopic (exact) mass is 480 g/mol. The van der Waals surface area contributed by atoms with E-state index in [-0.39, 0.29) is 27.3 Å². The van der Waals surface area contributed by atoms with Gasteiger partial charge in [-0.1, -0.05) is 24.3 Å². The van der Waals surface area contributed by atoms with Crippen molar-refractivity contribution < 1.29 is 36.8 Å². The van der Waals surface area contributed by atoms with Crippen LogP contribution in [-0.2, 0) is 17.6 Å². The largest absolute Gasteiger partial charge is 0.573 e. The summed E-state index contributed by atoms with van der Waals surface area (Å²) >= 11 is 0. The van der Waals surface area contributed by atoms with E-state index in [0.29, 0.717) is 11.3 Å². The molecule has 0 aliphatic heterocycles. The number of alkyl halides is 3. The van der Waals surface area contributed by atoms with Crippen LogP contribution in [0.3, 0.4) is 0 Å². The molecule has 0 aliphatic carbocycles. The Morgan fingerprint density at radius 2 is 1.79 bits per heavy atom. The molecule has 0 fully saturated rings. The molecule has 0 bridgehead atoms. The quantitative estimate of drug-likeness (QED) is 0.474. The Bertz CT molecular complexity index is 1200. The molecule has 0 heterocycles. The van der Waals surface area contributed by atoms with Gasteiger partial charge in [-0.25, -0.2) is 9.35 Å². The fraction of sp³-hybridized carbons (Fsp3) is 0.136. The van der Waals surface area contributed by atoms with Gasteiger partial charge in [-0.15, -0.1) is 13.2 Å². The fourth-order valence-corrected chi connectivity index (χ4v) is 3.69. The second-order valence-corrected chi connectivity index (χ2v) is 7.73. The van der Waals surface area contributed by atoms with E-state index in [1.807, 2.05) is 0 Å². The molecule has 0 saturated heterocycles. The molecule has 3 aromatic carbocycles. The van der Waals surface area contributed by atoms with Crippen LogP contribution in [0.2, 0.25) is 0 Å². The number of benzene rings is 3. The minimum Gasteiger partial charge on any atom is -0.495 e. The number of carbonyl (C=O) groups excluding carboxylic acids is 1. The van der Waals surface area contributed by atoms with Gasteiger partial charge in [0.15, 0.2) is 0 Å². The Balaban J connectivity index is 1.90. The van der Waals surface area contributed by atoms with Crippen LogP contribution in [-0.4, -0.2) is 28.7 Å². The van der Waals surface area contributed by atoms with Gasteiger partial charge in [-0.05, 0) is 47.5 Å². The lowest BCUT2D eigenvalue weighted by molar-refractivity contribution is -0.274. The van der Waals surface area contributed by atoms with E-state index in [1.54, 1.807) is 6.07 Å². The van der Waals surface area contributed by atoms with Gasteiger partial charge < -0.3 is 19.9 Å². The van der Waals surface area contributed by atoms with Crippen LogP contribution in [0, 0.1) is 0 Å². The van der Waals surface area contributed by atoms with Gasteiger partial charge >= 0.3 is 6.36 Å². The topological polar surface area (TPSA) is 111 Å². The molecule has 174 valence electrons. The van der Waals surface area contributed by atoms with Crippen LogP contribution >= 0.6 is 0 Å². The zero-order valence-electron chi connectivity index (χ0n) is 17.2. The maximum Gasteiger partial charge on any atom is 0.573 e. The van der Waals surface area contributed by atoms with Crippen molar-refractivity contribution in [3.63, 3.8) is 0 Å². The fourth-order valence-electron chi connectivity index (χ4n) is 3.15. The van der Waals surface area contributed by atoms with Crippen molar-refractivity contribution in [1.82, 2.24) is 0 Å². The number of para-hydroxylation sites is 1. The van der Waals surface area contributed by atoms with Crippen LogP contribution in [0.1, 0.15) is 15.9 Å². The smallest absolute Gasteiger partial charge is 0.495 e. The number of ether oxygens (including phenoxy) is 2. The summed E-state index contributed by atoms with van der Waals surface area (Å²) in [5, 5.41) is 17.8. The highest BCUT2D eigenvalue weighted by Crippen LogP contribution is 2.36. The molecule has 33 heavy (non-hydrogen) atoms. The van der Waals surface area contributed by atoms with Gasteiger partial charge in [0, 0.05) is 16.8 Å². The van der Waals surface area contributed by atoms with Gasteiger partial charge in [0.2, 0.25) is 0 Å². The lowest BCUT2D eigenvalue weighted by atomic mass is 9.98. The van der Waals surface area contributed by atoms with Crippen LogP contribution in [0.25, 0.3) is 11.1 Å². The normalized spacial score (nSPS) is 12.2. The van der Waals surface area contributed by atoms with Crippen LogP contribution < -0.4 is 19.9 Å². The zero-order chi connectivity index (χ0) is 24.2. The number of rotatable bonds is 7. The number of anilines is 1. The first-order valence-electron chi connectivity index (χ1n) is 9.37. The molecular weight excluding hydrogens is 461 g/mol. The van der Waals surface area contributed by atoms with Gasteiger partial charge in [0.1, 0.15) is 22.5 Å². The summed E-state index contributed by atoms with van der Waals surface area (Å²) in [5.74, 6) is -0.766. The van der Waals surface area contributed by atoms with Crippen molar-refractivity contribution in [3.8, 4) is 22.6 Å². The van der Waals surface area contributed by atoms with Gasteiger partial charge in [0.25, 0.3) is 5.91 Å². The molecule has 3 rings (SSSR count). The third kappa shape index (κ3) is 5.89. The number of hydrogen-bond acceptors (Lipinski definition) is 5. The summed E-state index contributed by atoms with van der Waals surface area (Å²) in [4.78, 5) is 12.9. The number of carbonyl (C=O) groups is 1. The molecule has 7 nitrogen and oxygen atoms in total. The third-order valence-corrected chi connectivity index (χ3v) is 5.35. The predicted octanol–water partition coefficient (Wildman–Crippen LogP) is 3.99. The first kappa shape index (κ1) is 24.2. The molecule has 1 amide bonds. The van der Waals surface area contributed by atoms with Crippen molar-refractivity contribution >= 4 is 22.6 Å². The summed E-state index contributed by atoms with van der Waals surface area (Å²) in [7, 11) is -0.452. The molecule has 4 N–H and O–H groups in total. The first-order chi connectivity index (χ1) is 15.6. The molecule has 3 aromatic rings. The standard InChI is InChI=1S/C22H19F3N2O5S/c1-31-19-11-13(6-9-20(19)33(26)30)21(29)27-15-7-8-16(14(10-15)12-28)17-4-2-3-5-18(17)32-22(23,24)25/h2-11,28H,12,26H2,1H3,(H,27,29). The lowest BCUT2D eigenvalue weighted by Gasteiger charge is -2.16. The van der Waals surface area contributed by atoms with Crippen molar-refractivity contribution in [3.05, 3.63) is 71.8 Å². The average Bonchev–Trinajstić information content (AvgIpc) is 2.77. The second-order valence-electron chi connectivity index (χ2n) is 6.69. The number of halogens is 3. The van der Waals surface area contributed by atoms with E-state index in [0.717, 1.165) is 0 Å². The summed E-state index contributed by atoms with van der Waals surface area (Å²) in [5.41, 5.74) is 1.21. The average molecular weight is 480 g/mol. The van der Waals surface area contributed by atoms with Crippen LogP contribution in [0.4, 0.5) is 18.9 Å². The molecule has 1 unspecified atom stereocenters. The Labute approximate surface area is 189 Å². The maximum absolute atomic E-state index is 12.8. The SMILES string of the molecule is COc1cc(C(=O)Nc2ccc(-c3ccccc3OC(F)(F)F)c(CO)c2)ccc1S(N)=O. The van der Waals surface area contributed by atoms with Gasteiger partial charge in [0.05, 0.1) is 18.6 Å². The zero-order valence-corrected chi connectivity index (χ0v) is 18.0. The number of methoxy groups -OCH3 is 1. The number of aliphatic hydroxyl groups excluding tert-OH is 1. The third-order valence-electron chi connectivity index (χ3n) is 4.58. The van der Waals surface area contributed by atoms with Crippen molar-refractivity contribution in [2.45, 2.75) is 17.9 Å². The Morgan fingerprint density at radius 1 is 1.06 bits per heavy atom. The van der Waals surface area contributed by atoms with E-state index in [9.17, 15) is 27.3 Å². The van der Waals surface area contributed by atoms with Crippen LogP contribution in [0.15, 0.2) is 65.6 Å². The number of amides is 1. The number of nitrogens with two attached hydrogens (primary N) is 1. The van der Waals surface area contributed by atoms with E-state index in [4.69, 9.17) is 9.88 Å². The maximum atomic E-state index is 12.8. The second kappa shape index (κ2) is 10.0. The molecular formula is C22H19F3N2O5S. The molecule has 0 radical (unpaired) electrons. The summed E-state index contributed by atoms with van der Waals surface area (Å²) in [6, 6.07) is 14.2. The number of nitrogens with one attached hydrogen (secondary N) is 1. The van der Waals surface area contributed by atoms with E-state index >= 15 is 0 Å². The van der Waals surface area contributed by atoms with E-state index in [1.165, 1.54) is 61.7 Å². The van der Waals surface area contributed by atoms with E-state index in [2.05, 4.69) is 10.1 Å². The lowest BCUT2D eigenvalue weighted by Crippen LogP contribution is -2.17. The molecule has 0 aliphatic rings. The Morgan fingerprint density at radius 3 is 2.42 bits per heavy atom. The molecule has 0 saturated carbocycles. The molecule has 0 spiro atoms. The first-order valence-corrected chi connectivity index (χ1v) is 10.6.